The van der Waals surface area contributed by atoms with Gasteiger partial charge in [-0.05, 0) is 19.1 Å². The van der Waals surface area contributed by atoms with Crippen LogP contribution in [0.1, 0.15) is 6.92 Å². The van der Waals surface area contributed by atoms with Crippen molar-refractivity contribution in [1.82, 2.24) is 4.98 Å². The summed E-state index contributed by atoms with van der Waals surface area (Å²) in [5, 5.41) is 0.954. The maximum absolute atomic E-state index is 11.4. The predicted octanol–water partition coefficient (Wildman–Crippen LogP) is 0.839. The largest absolute Gasteiger partial charge is 0.501 e. The zero-order valence-electron chi connectivity index (χ0n) is 8.46. The van der Waals surface area contributed by atoms with E-state index in [1.807, 2.05) is 6.92 Å². The van der Waals surface area contributed by atoms with Gasteiger partial charge in [-0.15, -0.1) is 0 Å². The SMILES string of the molecule is CCO/C=C/C(=O)N(N)c1ccccn1. The van der Waals surface area contributed by atoms with Crippen LogP contribution in [0, 0.1) is 0 Å². The third-order valence-electron chi connectivity index (χ3n) is 1.61. The van der Waals surface area contributed by atoms with E-state index in [1.165, 1.54) is 12.3 Å². The van der Waals surface area contributed by atoms with Gasteiger partial charge in [0.1, 0.15) is 5.82 Å². The molecule has 5 heteroatoms. The van der Waals surface area contributed by atoms with Crippen molar-refractivity contribution in [2.24, 2.45) is 5.84 Å². The van der Waals surface area contributed by atoms with Gasteiger partial charge in [-0.25, -0.2) is 15.8 Å². The lowest BCUT2D eigenvalue weighted by Gasteiger charge is -2.12. The molecule has 2 N–H and O–H groups in total. The van der Waals surface area contributed by atoms with E-state index in [2.05, 4.69) is 4.98 Å². The molecule has 0 unspecified atom stereocenters. The number of nitrogens with two attached hydrogens (primary N) is 1. The molecule has 0 aromatic carbocycles. The molecule has 1 aromatic heterocycles. The van der Waals surface area contributed by atoms with Crippen molar-refractivity contribution in [3.8, 4) is 0 Å². The van der Waals surface area contributed by atoms with Crippen molar-refractivity contribution in [2.45, 2.75) is 6.92 Å². The molecule has 0 aliphatic heterocycles. The van der Waals surface area contributed by atoms with Crippen molar-refractivity contribution in [1.29, 1.82) is 0 Å². The van der Waals surface area contributed by atoms with E-state index in [-0.39, 0.29) is 5.91 Å². The Balaban J connectivity index is 2.61. The van der Waals surface area contributed by atoms with Crippen molar-refractivity contribution in [3.63, 3.8) is 0 Å². The van der Waals surface area contributed by atoms with Crippen LogP contribution in [-0.4, -0.2) is 17.5 Å². The molecule has 5 nitrogen and oxygen atoms in total. The van der Waals surface area contributed by atoms with Crippen LogP contribution in [0.5, 0.6) is 0 Å². The van der Waals surface area contributed by atoms with Crippen LogP contribution in [0.3, 0.4) is 0 Å². The van der Waals surface area contributed by atoms with Gasteiger partial charge in [0, 0.05) is 12.3 Å². The quantitative estimate of drug-likeness (QED) is 0.261. The molecule has 0 saturated carbocycles. The lowest BCUT2D eigenvalue weighted by molar-refractivity contribution is -0.114. The number of hydrazine groups is 1. The van der Waals surface area contributed by atoms with Crippen LogP contribution >= 0.6 is 0 Å². The molecule has 1 amide bonds. The van der Waals surface area contributed by atoms with E-state index in [0.29, 0.717) is 12.4 Å². The van der Waals surface area contributed by atoms with Crippen LogP contribution in [0.2, 0.25) is 0 Å². The molecule has 0 saturated heterocycles. The van der Waals surface area contributed by atoms with Gasteiger partial charge in [0.05, 0.1) is 12.9 Å². The van der Waals surface area contributed by atoms with Crippen LogP contribution in [0.15, 0.2) is 36.7 Å². The normalized spacial score (nSPS) is 10.3. The Bertz CT molecular complexity index is 338. The van der Waals surface area contributed by atoms with Crippen molar-refractivity contribution >= 4 is 11.7 Å². The Hall–Kier alpha value is -1.88. The number of carbonyl (C=O) groups excluding carboxylic acids is 1. The Labute approximate surface area is 88.1 Å². The summed E-state index contributed by atoms with van der Waals surface area (Å²) < 4.78 is 4.89. The van der Waals surface area contributed by atoms with Gasteiger partial charge in [0.2, 0.25) is 0 Å². The Morgan fingerprint density at radius 3 is 3.07 bits per heavy atom. The van der Waals surface area contributed by atoms with Crippen LogP contribution < -0.4 is 10.9 Å². The smallest absolute Gasteiger partial charge is 0.269 e. The van der Waals surface area contributed by atoms with Gasteiger partial charge >= 0.3 is 0 Å². The summed E-state index contributed by atoms with van der Waals surface area (Å²) in [6.45, 7) is 2.34. The standard InChI is InChI=1S/C10H13N3O2/c1-2-15-8-6-10(14)13(11)9-5-3-4-7-12-9/h3-8H,2,11H2,1H3/b8-6+. The predicted molar refractivity (Wildman–Crippen MR) is 56.7 cm³/mol. The molecule has 0 fully saturated rings. The number of pyridine rings is 1. The van der Waals surface area contributed by atoms with E-state index in [4.69, 9.17) is 10.6 Å². The molecular weight excluding hydrogens is 194 g/mol. The number of carbonyl (C=O) groups is 1. The number of rotatable bonds is 4. The highest BCUT2D eigenvalue weighted by atomic mass is 16.5. The second-order valence-electron chi connectivity index (χ2n) is 2.65. The maximum atomic E-state index is 11.4. The van der Waals surface area contributed by atoms with Crippen molar-refractivity contribution in [2.75, 3.05) is 11.6 Å². The zero-order chi connectivity index (χ0) is 11.1. The van der Waals surface area contributed by atoms with E-state index in [1.54, 1.807) is 24.4 Å². The molecule has 0 bridgehead atoms. The fourth-order valence-electron chi connectivity index (χ4n) is 0.892. The maximum Gasteiger partial charge on any atom is 0.269 e. The first kappa shape index (κ1) is 11.2. The minimum absolute atomic E-state index is 0.387. The number of hydrogen-bond donors (Lipinski definition) is 1. The number of ether oxygens (including phenoxy) is 1. The Morgan fingerprint density at radius 2 is 2.47 bits per heavy atom. The third kappa shape index (κ3) is 3.40. The molecule has 0 aliphatic rings. The van der Waals surface area contributed by atoms with Crippen LogP contribution in [0.4, 0.5) is 5.82 Å². The fraction of sp³-hybridized carbons (Fsp3) is 0.200. The summed E-state index contributed by atoms with van der Waals surface area (Å²) in [6.07, 6.45) is 4.12. The average molecular weight is 207 g/mol. The molecule has 1 rings (SSSR count). The fourth-order valence-corrected chi connectivity index (χ4v) is 0.892. The van der Waals surface area contributed by atoms with Crippen LogP contribution in [-0.2, 0) is 9.53 Å². The first-order valence-corrected chi connectivity index (χ1v) is 4.53. The van der Waals surface area contributed by atoms with E-state index >= 15 is 0 Å². The highest BCUT2D eigenvalue weighted by Crippen LogP contribution is 2.04. The summed E-state index contributed by atoms with van der Waals surface area (Å²) in [5.74, 6) is 5.54. The molecule has 1 aromatic rings. The molecular formula is C10H13N3O2. The Morgan fingerprint density at radius 1 is 1.67 bits per heavy atom. The van der Waals surface area contributed by atoms with E-state index in [9.17, 15) is 4.79 Å². The minimum atomic E-state index is -0.387. The number of anilines is 1. The first-order valence-electron chi connectivity index (χ1n) is 4.53. The molecule has 0 atom stereocenters. The van der Waals surface area contributed by atoms with E-state index in [0.717, 1.165) is 5.01 Å². The van der Waals surface area contributed by atoms with Gasteiger partial charge in [-0.1, -0.05) is 6.07 Å². The van der Waals surface area contributed by atoms with Crippen molar-refractivity contribution in [3.05, 3.63) is 36.7 Å². The second-order valence-corrected chi connectivity index (χ2v) is 2.65. The van der Waals surface area contributed by atoms with Crippen LogP contribution in [0.25, 0.3) is 0 Å². The number of aromatic nitrogens is 1. The lowest BCUT2D eigenvalue weighted by atomic mass is 10.4. The lowest BCUT2D eigenvalue weighted by Crippen LogP contribution is -2.36. The number of nitrogens with zero attached hydrogens (tertiary/aromatic N) is 2. The summed E-state index contributed by atoms with van der Waals surface area (Å²) in [6, 6.07) is 5.14. The monoisotopic (exact) mass is 207 g/mol. The first-order chi connectivity index (χ1) is 7.25. The molecule has 0 aliphatic carbocycles. The zero-order valence-corrected chi connectivity index (χ0v) is 8.46. The van der Waals surface area contributed by atoms with Gasteiger partial charge in [0.25, 0.3) is 5.91 Å². The summed E-state index contributed by atoms with van der Waals surface area (Å²) >= 11 is 0. The van der Waals surface area contributed by atoms with E-state index < -0.39 is 0 Å². The summed E-state index contributed by atoms with van der Waals surface area (Å²) in [4.78, 5) is 15.3. The molecule has 15 heavy (non-hydrogen) atoms. The highest BCUT2D eigenvalue weighted by molar-refractivity contribution is 5.99. The second kappa shape index (κ2) is 5.77. The van der Waals surface area contributed by atoms with Gasteiger partial charge in [-0.2, -0.15) is 0 Å². The average Bonchev–Trinajstić information content (AvgIpc) is 2.29. The summed E-state index contributed by atoms with van der Waals surface area (Å²) in [7, 11) is 0. The molecule has 1 heterocycles. The minimum Gasteiger partial charge on any atom is -0.501 e. The Kier molecular flexibility index (Phi) is 4.30. The third-order valence-corrected chi connectivity index (χ3v) is 1.61. The molecule has 0 radical (unpaired) electrons. The summed E-state index contributed by atoms with van der Waals surface area (Å²) in [5.41, 5.74) is 0. The molecule has 0 spiro atoms. The number of hydrogen-bond acceptors (Lipinski definition) is 4. The van der Waals surface area contributed by atoms with Crippen molar-refractivity contribution < 1.29 is 9.53 Å². The highest BCUT2D eigenvalue weighted by Gasteiger charge is 2.08. The van der Waals surface area contributed by atoms with Gasteiger partial charge in [0.15, 0.2) is 0 Å². The number of amides is 1. The van der Waals surface area contributed by atoms with Gasteiger partial charge in [-0.3, -0.25) is 4.79 Å². The molecule has 80 valence electrons. The van der Waals surface area contributed by atoms with Gasteiger partial charge < -0.3 is 4.74 Å². The topological polar surface area (TPSA) is 68.5 Å².